The Bertz CT molecular complexity index is 1010. The summed E-state index contributed by atoms with van der Waals surface area (Å²) in [7, 11) is 0. The van der Waals surface area contributed by atoms with Crippen molar-refractivity contribution < 1.29 is 4.79 Å². The Morgan fingerprint density at radius 1 is 1.17 bits per heavy atom. The van der Waals surface area contributed by atoms with Gasteiger partial charge in [0.25, 0.3) is 0 Å². The molecule has 0 bridgehead atoms. The third-order valence-corrected chi connectivity index (χ3v) is 6.73. The van der Waals surface area contributed by atoms with Gasteiger partial charge in [0.15, 0.2) is 0 Å². The third-order valence-electron chi connectivity index (χ3n) is 6.50. The van der Waals surface area contributed by atoms with Crippen molar-refractivity contribution in [2.75, 3.05) is 0 Å². The van der Waals surface area contributed by atoms with E-state index in [9.17, 15) is 4.79 Å². The Labute approximate surface area is 177 Å². The van der Waals surface area contributed by atoms with Crippen LogP contribution < -0.4 is 5.32 Å². The fourth-order valence-electron chi connectivity index (χ4n) is 4.42. The zero-order valence-electron chi connectivity index (χ0n) is 17.2. The van der Waals surface area contributed by atoms with E-state index >= 15 is 0 Å². The Morgan fingerprint density at radius 3 is 2.69 bits per heavy atom. The second-order valence-corrected chi connectivity index (χ2v) is 8.82. The van der Waals surface area contributed by atoms with Gasteiger partial charge in [-0.25, -0.2) is 0 Å². The summed E-state index contributed by atoms with van der Waals surface area (Å²) >= 11 is 6.27. The molecule has 2 aromatic carbocycles. The zero-order chi connectivity index (χ0) is 20.5. The molecule has 29 heavy (non-hydrogen) atoms. The molecule has 152 valence electrons. The summed E-state index contributed by atoms with van der Waals surface area (Å²) in [5, 5.41) is 9.77. The van der Waals surface area contributed by atoms with E-state index in [-0.39, 0.29) is 11.9 Å². The van der Waals surface area contributed by atoms with E-state index in [4.69, 9.17) is 16.7 Å². The maximum atomic E-state index is 13.1. The second kappa shape index (κ2) is 8.19. The molecule has 0 unspecified atom stereocenters. The van der Waals surface area contributed by atoms with E-state index in [0.717, 1.165) is 28.6 Å². The van der Waals surface area contributed by atoms with Gasteiger partial charge in [0.1, 0.15) is 11.7 Å². The fraction of sp³-hybridized carbons (Fsp3) is 0.417. The molecule has 1 aliphatic carbocycles. The van der Waals surface area contributed by atoms with Crippen LogP contribution in [-0.2, 0) is 4.79 Å². The number of aromatic nitrogens is 2. The molecule has 1 heterocycles. The lowest BCUT2D eigenvalue weighted by atomic mass is 9.78. The van der Waals surface area contributed by atoms with E-state index < -0.39 is 6.04 Å². The summed E-state index contributed by atoms with van der Waals surface area (Å²) in [6.07, 6.45) is 3.47. The Hall–Kier alpha value is -2.33. The van der Waals surface area contributed by atoms with Gasteiger partial charge in [0.05, 0.1) is 5.52 Å². The molecule has 1 saturated carbocycles. The SMILES string of the molecule is C[C@H]1[C@H](C)CCC[C@@H]1NC(=O)[C@@H](C)n1nc(-c2ccccc2)c2cc(Cl)ccc21. The van der Waals surface area contributed by atoms with E-state index in [2.05, 4.69) is 19.2 Å². The Kier molecular flexibility index (Phi) is 5.64. The summed E-state index contributed by atoms with van der Waals surface area (Å²) in [5.41, 5.74) is 2.78. The monoisotopic (exact) mass is 409 g/mol. The van der Waals surface area contributed by atoms with Crippen molar-refractivity contribution >= 4 is 28.4 Å². The summed E-state index contributed by atoms with van der Waals surface area (Å²) in [6, 6.07) is 15.6. The number of rotatable bonds is 4. The molecule has 4 atom stereocenters. The minimum atomic E-state index is -0.402. The van der Waals surface area contributed by atoms with Crippen LogP contribution in [0.2, 0.25) is 5.02 Å². The molecular weight excluding hydrogens is 382 g/mol. The molecule has 4 nitrogen and oxygen atoms in total. The zero-order valence-corrected chi connectivity index (χ0v) is 18.0. The predicted octanol–water partition coefficient (Wildman–Crippen LogP) is 5.86. The standard InChI is InChI=1S/C24H28ClN3O/c1-15-8-7-11-21(16(15)2)26-24(29)17(3)28-22-13-12-19(25)14-20(22)23(27-28)18-9-5-4-6-10-18/h4-6,9-10,12-17,21H,7-8,11H2,1-3H3,(H,26,29)/t15-,16+,17-,21+/m1/s1. The highest BCUT2D eigenvalue weighted by Crippen LogP contribution is 2.33. The molecule has 1 aromatic heterocycles. The largest absolute Gasteiger partial charge is 0.351 e. The maximum Gasteiger partial charge on any atom is 0.244 e. The number of hydrogen-bond acceptors (Lipinski definition) is 2. The molecule has 0 saturated heterocycles. The van der Waals surface area contributed by atoms with Crippen LogP contribution in [-0.4, -0.2) is 21.7 Å². The Morgan fingerprint density at radius 2 is 1.93 bits per heavy atom. The first-order valence-corrected chi connectivity index (χ1v) is 10.9. The maximum absolute atomic E-state index is 13.1. The first-order chi connectivity index (χ1) is 14.0. The van der Waals surface area contributed by atoms with Crippen LogP contribution in [0.5, 0.6) is 0 Å². The molecule has 0 spiro atoms. The van der Waals surface area contributed by atoms with E-state index in [0.29, 0.717) is 16.9 Å². The van der Waals surface area contributed by atoms with Gasteiger partial charge >= 0.3 is 0 Å². The number of nitrogens with one attached hydrogen (secondary N) is 1. The van der Waals surface area contributed by atoms with Gasteiger partial charge in [-0.05, 0) is 43.4 Å². The highest BCUT2D eigenvalue weighted by molar-refractivity contribution is 6.31. The number of benzene rings is 2. The summed E-state index contributed by atoms with van der Waals surface area (Å²) in [4.78, 5) is 13.1. The van der Waals surface area contributed by atoms with Gasteiger partial charge in [-0.2, -0.15) is 5.10 Å². The molecule has 1 aliphatic rings. The average Bonchev–Trinajstić information content (AvgIpc) is 3.10. The second-order valence-electron chi connectivity index (χ2n) is 8.38. The molecule has 1 fully saturated rings. The number of amides is 1. The van der Waals surface area contributed by atoms with E-state index in [1.54, 1.807) is 0 Å². The van der Waals surface area contributed by atoms with Crippen LogP contribution in [0.3, 0.4) is 0 Å². The quantitative estimate of drug-likeness (QED) is 0.586. The number of fused-ring (bicyclic) bond motifs is 1. The van der Waals surface area contributed by atoms with E-state index in [1.807, 2.05) is 60.1 Å². The number of hydrogen-bond donors (Lipinski definition) is 1. The lowest BCUT2D eigenvalue weighted by Gasteiger charge is -2.35. The average molecular weight is 410 g/mol. The normalized spacial score (nSPS) is 23.1. The predicted molar refractivity (Wildman–Crippen MR) is 119 cm³/mol. The summed E-state index contributed by atoms with van der Waals surface area (Å²) < 4.78 is 1.83. The molecule has 4 rings (SSSR count). The lowest BCUT2D eigenvalue weighted by Crippen LogP contribution is -2.46. The molecule has 1 amide bonds. The minimum Gasteiger partial charge on any atom is -0.351 e. The van der Waals surface area contributed by atoms with Gasteiger partial charge in [0, 0.05) is 22.0 Å². The third kappa shape index (κ3) is 3.91. The van der Waals surface area contributed by atoms with Crippen molar-refractivity contribution in [2.24, 2.45) is 11.8 Å². The summed E-state index contributed by atoms with van der Waals surface area (Å²) in [6.45, 7) is 6.45. The van der Waals surface area contributed by atoms with Crippen LogP contribution in [0.25, 0.3) is 22.2 Å². The van der Waals surface area contributed by atoms with Crippen LogP contribution in [0, 0.1) is 11.8 Å². The summed E-state index contributed by atoms with van der Waals surface area (Å²) in [5.74, 6) is 1.16. The number of carbonyl (C=O) groups excluding carboxylic acids is 1. The molecule has 0 aliphatic heterocycles. The lowest BCUT2D eigenvalue weighted by molar-refractivity contribution is -0.125. The minimum absolute atomic E-state index is 0.0231. The number of nitrogens with zero attached hydrogens (tertiary/aromatic N) is 2. The van der Waals surface area contributed by atoms with Crippen molar-refractivity contribution in [3.8, 4) is 11.3 Å². The van der Waals surface area contributed by atoms with Gasteiger partial charge in [0.2, 0.25) is 5.91 Å². The molecule has 3 aromatic rings. The van der Waals surface area contributed by atoms with Crippen molar-refractivity contribution in [3.63, 3.8) is 0 Å². The molecular formula is C24H28ClN3O. The van der Waals surface area contributed by atoms with Crippen molar-refractivity contribution in [1.29, 1.82) is 0 Å². The molecule has 1 N–H and O–H groups in total. The fourth-order valence-corrected chi connectivity index (χ4v) is 4.59. The van der Waals surface area contributed by atoms with Crippen molar-refractivity contribution in [1.82, 2.24) is 15.1 Å². The van der Waals surface area contributed by atoms with Gasteiger partial charge in [-0.15, -0.1) is 0 Å². The van der Waals surface area contributed by atoms with Gasteiger partial charge in [-0.1, -0.05) is 68.6 Å². The molecule has 0 radical (unpaired) electrons. The van der Waals surface area contributed by atoms with Gasteiger partial charge in [-0.3, -0.25) is 9.48 Å². The highest BCUT2D eigenvalue weighted by Gasteiger charge is 2.30. The van der Waals surface area contributed by atoms with Gasteiger partial charge < -0.3 is 5.32 Å². The first kappa shape index (κ1) is 20.0. The first-order valence-electron chi connectivity index (χ1n) is 10.5. The number of carbonyl (C=O) groups is 1. The smallest absolute Gasteiger partial charge is 0.244 e. The van der Waals surface area contributed by atoms with Crippen molar-refractivity contribution in [2.45, 2.75) is 52.1 Å². The highest BCUT2D eigenvalue weighted by atomic mass is 35.5. The van der Waals surface area contributed by atoms with Crippen LogP contribution in [0.1, 0.15) is 46.1 Å². The van der Waals surface area contributed by atoms with Crippen LogP contribution in [0.15, 0.2) is 48.5 Å². The van der Waals surface area contributed by atoms with E-state index in [1.165, 1.54) is 12.8 Å². The molecule has 5 heteroatoms. The van der Waals surface area contributed by atoms with Crippen molar-refractivity contribution in [3.05, 3.63) is 53.6 Å². The van der Waals surface area contributed by atoms with Crippen LogP contribution in [0.4, 0.5) is 0 Å². The van der Waals surface area contributed by atoms with Crippen LogP contribution >= 0.6 is 11.6 Å². The topological polar surface area (TPSA) is 46.9 Å². The Balaban J connectivity index is 1.67. The number of halogens is 1.